The number of carbonyl (C=O) groups is 2. The Morgan fingerprint density at radius 3 is 2.50 bits per heavy atom. The Morgan fingerprint density at radius 1 is 1.44 bits per heavy atom. The van der Waals surface area contributed by atoms with Crippen LogP contribution in [0, 0.1) is 6.92 Å². The Morgan fingerprint density at radius 2 is 2.06 bits per heavy atom. The smallest absolute Gasteiger partial charge is 0.347 e. The standard InChI is InChI=1S/C10H13NO6S/c1-3-17-10(16)6(13)5(12)8-11-4(2)7(18-8)9(14)15/h5-6,12-13H,3H2,1-2H3,(H,14,15). The molecule has 1 rings (SSSR count). The minimum atomic E-state index is -1.78. The number of ether oxygens (including phenoxy) is 1. The maximum Gasteiger partial charge on any atom is 0.347 e. The second-order valence-corrected chi connectivity index (χ2v) is 4.44. The summed E-state index contributed by atoms with van der Waals surface area (Å²) < 4.78 is 4.54. The number of aliphatic hydroxyl groups is 2. The molecule has 0 fully saturated rings. The van der Waals surface area contributed by atoms with Crippen molar-refractivity contribution in [2.45, 2.75) is 26.1 Å². The third-order valence-electron chi connectivity index (χ3n) is 2.09. The Hall–Kier alpha value is -1.51. The fourth-order valence-electron chi connectivity index (χ4n) is 1.23. The van der Waals surface area contributed by atoms with E-state index in [-0.39, 0.29) is 22.2 Å². The van der Waals surface area contributed by atoms with Crippen LogP contribution in [0.1, 0.15) is 33.4 Å². The molecule has 100 valence electrons. The maximum atomic E-state index is 11.2. The van der Waals surface area contributed by atoms with Gasteiger partial charge in [0, 0.05) is 0 Å². The van der Waals surface area contributed by atoms with Gasteiger partial charge in [0.2, 0.25) is 0 Å². The molecular weight excluding hydrogens is 262 g/mol. The van der Waals surface area contributed by atoms with Crippen LogP contribution in [-0.4, -0.2) is 45.0 Å². The summed E-state index contributed by atoms with van der Waals surface area (Å²) in [6, 6.07) is 0. The highest BCUT2D eigenvalue weighted by Gasteiger charge is 2.30. The zero-order valence-electron chi connectivity index (χ0n) is 9.78. The lowest BCUT2D eigenvalue weighted by atomic mass is 10.2. The first-order chi connectivity index (χ1) is 8.38. The Labute approximate surface area is 107 Å². The largest absolute Gasteiger partial charge is 0.477 e. The number of aromatic nitrogens is 1. The van der Waals surface area contributed by atoms with E-state index in [2.05, 4.69) is 9.72 Å². The average Bonchev–Trinajstić information content (AvgIpc) is 2.69. The highest BCUT2D eigenvalue weighted by molar-refractivity contribution is 7.13. The fraction of sp³-hybridized carbons (Fsp3) is 0.500. The molecule has 3 N–H and O–H groups in total. The molecule has 0 aliphatic heterocycles. The van der Waals surface area contributed by atoms with Gasteiger partial charge in [0.25, 0.3) is 0 Å². The molecule has 0 aromatic carbocycles. The summed E-state index contributed by atoms with van der Waals surface area (Å²) in [5.41, 5.74) is 0.220. The first-order valence-corrected chi connectivity index (χ1v) is 5.93. The molecule has 7 nitrogen and oxygen atoms in total. The molecular formula is C10H13NO6S. The van der Waals surface area contributed by atoms with Gasteiger partial charge in [-0.3, -0.25) is 0 Å². The summed E-state index contributed by atoms with van der Waals surface area (Å²) in [5, 5.41) is 28.0. The van der Waals surface area contributed by atoms with Crippen molar-refractivity contribution in [2.24, 2.45) is 0 Å². The second kappa shape index (κ2) is 5.89. The summed E-state index contributed by atoms with van der Waals surface area (Å²) in [6.45, 7) is 3.10. The SMILES string of the molecule is CCOC(=O)C(O)C(O)c1nc(C)c(C(=O)O)s1. The predicted octanol–water partition coefficient (Wildman–Crippen LogP) is 0.107. The van der Waals surface area contributed by atoms with Gasteiger partial charge in [-0.15, -0.1) is 11.3 Å². The van der Waals surface area contributed by atoms with E-state index in [4.69, 9.17) is 5.11 Å². The van der Waals surface area contributed by atoms with Crippen molar-refractivity contribution in [3.05, 3.63) is 15.6 Å². The number of aromatic carboxylic acids is 1. The molecule has 2 atom stereocenters. The molecule has 0 spiro atoms. The molecule has 1 aromatic rings. The zero-order chi connectivity index (χ0) is 13.9. The lowest BCUT2D eigenvalue weighted by molar-refractivity contribution is -0.159. The van der Waals surface area contributed by atoms with E-state index in [1.165, 1.54) is 6.92 Å². The molecule has 0 aliphatic rings. The first kappa shape index (κ1) is 14.6. The number of thiazole rings is 1. The van der Waals surface area contributed by atoms with Gasteiger partial charge in [0.15, 0.2) is 6.10 Å². The van der Waals surface area contributed by atoms with Gasteiger partial charge in [-0.1, -0.05) is 0 Å². The molecule has 0 aliphatic carbocycles. The number of nitrogens with zero attached hydrogens (tertiary/aromatic N) is 1. The molecule has 1 heterocycles. The van der Waals surface area contributed by atoms with Crippen LogP contribution in [0.3, 0.4) is 0 Å². The average molecular weight is 275 g/mol. The van der Waals surface area contributed by atoms with E-state index in [0.717, 1.165) is 0 Å². The highest BCUT2D eigenvalue weighted by atomic mass is 32.1. The van der Waals surface area contributed by atoms with Crippen LogP contribution in [0.15, 0.2) is 0 Å². The van der Waals surface area contributed by atoms with Gasteiger partial charge >= 0.3 is 11.9 Å². The van der Waals surface area contributed by atoms with E-state index >= 15 is 0 Å². The number of carbonyl (C=O) groups excluding carboxylic acids is 1. The van der Waals surface area contributed by atoms with Crippen LogP contribution < -0.4 is 0 Å². The number of hydrogen-bond donors (Lipinski definition) is 3. The number of esters is 1. The van der Waals surface area contributed by atoms with Gasteiger partial charge in [0.05, 0.1) is 12.3 Å². The lowest BCUT2D eigenvalue weighted by Crippen LogP contribution is -2.29. The van der Waals surface area contributed by atoms with Gasteiger partial charge in [0.1, 0.15) is 16.0 Å². The van der Waals surface area contributed by atoms with Crippen molar-refractivity contribution in [1.82, 2.24) is 4.98 Å². The minimum Gasteiger partial charge on any atom is -0.477 e. The number of carboxylic acid groups (broad SMARTS) is 1. The van der Waals surface area contributed by atoms with Crippen molar-refractivity contribution in [1.29, 1.82) is 0 Å². The van der Waals surface area contributed by atoms with Crippen LogP contribution in [0.4, 0.5) is 0 Å². The number of hydrogen-bond acceptors (Lipinski definition) is 7. The van der Waals surface area contributed by atoms with Crippen molar-refractivity contribution in [3.63, 3.8) is 0 Å². The van der Waals surface area contributed by atoms with Crippen molar-refractivity contribution in [3.8, 4) is 0 Å². The summed E-state index contributed by atoms with van der Waals surface area (Å²) in [7, 11) is 0. The predicted molar refractivity (Wildman–Crippen MR) is 61.4 cm³/mol. The molecule has 0 saturated carbocycles. The lowest BCUT2D eigenvalue weighted by Gasteiger charge is -2.13. The second-order valence-electron chi connectivity index (χ2n) is 3.41. The Kier molecular flexibility index (Phi) is 4.76. The quantitative estimate of drug-likeness (QED) is 0.653. The van der Waals surface area contributed by atoms with Gasteiger partial charge in [-0.05, 0) is 13.8 Å². The molecule has 0 radical (unpaired) electrons. The van der Waals surface area contributed by atoms with Crippen molar-refractivity contribution in [2.75, 3.05) is 6.61 Å². The molecule has 0 amide bonds. The molecule has 8 heteroatoms. The van der Waals surface area contributed by atoms with Crippen molar-refractivity contribution < 1.29 is 29.6 Å². The molecule has 0 saturated heterocycles. The topological polar surface area (TPSA) is 117 Å². The minimum absolute atomic E-state index is 0.0366. The Bertz CT molecular complexity index is 457. The molecule has 2 unspecified atom stereocenters. The van der Waals surface area contributed by atoms with Gasteiger partial charge < -0.3 is 20.1 Å². The van der Waals surface area contributed by atoms with E-state index in [1.807, 2.05) is 0 Å². The molecule has 18 heavy (non-hydrogen) atoms. The van der Waals surface area contributed by atoms with E-state index in [1.54, 1.807) is 6.92 Å². The van der Waals surface area contributed by atoms with Gasteiger partial charge in [-0.25, -0.2) is 14.6 Å². The maximum absolute atomic E-state index is 11.2. The van der Waals surface area contributed by atoms with Gasteiger partial charge in [-0.2, -0.15) is 0 Å². The summed E-state index contributed by atoms with van der Waals surface area (Å²) in [4.78, 5) is 25.8. The number of rotatable bonds is 5. The fourth-order valence-corrected chi connectivity index (χ4v) is 2.16. The van der Waals surface area contributed by atoms with Crippen molar-refractivity contribution >= 4 is 23.3 Å². The summed E-state index contributed by atoms with van der Waals surface area (Å²) in [5.74, 6) is -2.15. The third-order valence-corrected chi connectivity index (χ3v) is 3.30. The van der Waals surface area contributed by atoms with E-state index < -0.39 is 24.1 Å². The normalized spacial score (nSPS) is 14.0. The zero-order valence-corrected chi connectivity index (χ0v) is 10.6. The van der Waals surface area contributed by atoms with Crippen LogP contribution >= 0.6 is 11.3 Å². The number of aliphatic hydroxyl groups excluding tert-OH is 2. The third kappa shape index (κ3) is 3.03. The number of aryl methyl sites for hydroxylation is 1. The Balaban J connectivity index is 2.90. The number of carboxylic acids is 1. The first-order valence-electron chi connectivity index (χ1n) is 5.11. The van der Waals surface area contributed by atoms with Crippen LogP contribution in [0.25, 0.3) is 0 Å². The highest BCUT2D eigenvalue weighted by Crippen LogP contribution is 2.26. The van der Waals surface area contributed by atoms with Crippen LogP contribution in [-0.2, 0) is 9.53 Å². The van der Waals surface area contributed by atoms with Crippen LogP contribution in [0.2, 0.25) is 0 Å². The molecule has 1 aromatic heterocycles. The van der Waals surface area contributed by atoms with Crippen LogP contribution in [0.5, 0.6) is 0 Å². The molecule has 0 bridgehead atoms. The monoisotopic (exact) mass is 275 g/mol. The van der Waals surface area contributed by atoms with E-state index in [9.17, 15) is 19.8 Å². The van der Waals surface area contributed by atoms with E-state index in [0.29, 0.717) is 11.3 Å². The summed E-state index contributed by atoms with van der Waals surface area (Å²) in [6.07, 6.45) is -3.38. The summed E-state index contributed by atoms with van der Waals surface area (Å²) >= 11 is 0.711.